The molecule has 0 radical (unpaired) electrons. The van der Waals surface area contributed by atoms with Crippen molar-refractivity contribution in [1.29, 1.82) is 5.41 Å². The highest BCUT2D eigenvalue weighted by Gasteiger charge is 2.43. The van der Waals surface area contributed by atoms with Gasteiger partial charge < -0.3 is 11.5 Å². The Morgan fingerprint density at radius 3 is 2.37 bits per heavy atom. The molecule has 1 atom stereocenters. The lowest BCUT2D eigenvalue weighted by atomic mass is 10.0. The zero-order valence-corrected chi connectivity index (χ0v) is 11.9. The lowest BCUT2D eigenvalue weighted by molar-refractivity contribution is 0.230. The molecule has 0 aliphatic rings. The molecule has 5 nitrogen and oxygen atoms in total. The molecule has 0 aliphatic heterocycles. The molecule has 0 fully saturated rings. The van der Waals surface area contributed by atoms with Crippen LogP contribution >= 0.6 is 0 Å². The molecule has 0 bridgehead atoms. The number of nitrogens with two attached hydrogens (primary N) is 2. The summed E-state index contributed by atoms with van der Waals surface area (Å²) in [5, 5.41) is 7.84. The Labute approximate surface area is 114 Å². The van der Waals surface area contributed by atoms with E-state index < -0.39 is 10.5 Å². The second-order valence-corrected chi connectivity index (χ2v) is 4.68. The van der Waals surface area contributed by atoms with Gasteiger partial charge in [0.1, 0.15) is 0 Å². The van der Waals surface area contributed by atoms with Gasteiger partial charge in [-0.25, -0.2) is 10.2 Å². The van der Waals surface area contributed by atoms with Gasteiger partial charge >= 0.3 is 12.0 Å². The van der Waals surface area contributed by atoms with Gasteiger partial charge in [0.2, 0.25) is 0 Å². The molecule has 0 aliphatic carbocycles. The number of amides is 2. The molecule has 0 aromatic heterocycles. The third-order valence-electron chi connectivity index (χ3n) is 3.48. The van der Waals surface area contributed by atoms with Crippen molar-refractivity contribution in [3.63, 3.8) is 0 Å². The molecule has 0 saturated heterocycles. The van der Waals surface area contributed by atoms with E-state index >= 15 is 0 Å². The molecule has 1 aromatic carbocycles. The molecule has 5 heteroatoms. The molecule has 104 valence electrons. The van der Waals surface area contributed by atoms with Crippen LogP contribution in [0.15, 0.2) is 18.2 Å². The number of hydrogen-bond acceptors (Lipinski definition) is 2. The number of urea groups is 1. The Hall–Kier alpha value is -1.88. The van der Waals surface area contributed by atoms with Crippen molar-refractivity contribution in [2.75, 3.05) is 6.54 Å². The highest BCUT2D eigenvalue weighted by molar-refractivity contribution is 6.08. The van der Waals surface area contributed by atoms with Crippen LogP contribution in [0.4, 0.5) is 10.5 Å². The predicted octanol–water partition coefficient (Wildman–Crippen LogP) is 2.25. The van der Waals surface area contributed by atoms with E-state index in [1.54, 1.807) is 0 Å². The number of primary amides is 1. The van der Waals surface area contributed by atoms with Gasteiger partial charge in [-0.05, 0) is 20.3 Å². The monoisotopic (exact) mass is 263 g/mol. The van der Waals surface area contributed by atoms with E-state index in [0.717, 1.165) is 29.7 Å². The molecule has 1 unspecified atom stereocenters. The van der Waals surface area contributed by atoms with Gasteiger partial charge in [0.05, 0.1) is 6.54 Å². The van der Waals surface area contributed by atoms with Gasteiger partial charge in [0, 0.05) is 11.1 Å². The van der Waals surface area contributed by atoms with Crippen LogP contribution in [0.2, 0.25) is 0 Å². The fraction of sp³-hybridized carbons (Fsp3) is 0.429. The molecule has 0 spiro atoms. The number of rotatable bonds is 4. The van der Waals surface area contributed by atoms with E-state index in [2.05, 4.69) is 6.92 Å². The first-order chi connectivity index (χ1) is 8.91. The van der Waals surface area contributed by atoms with E-state index in [0.29, 0.717) is 6.54 Å². The predicted molar refractivity (Wildman–Crippen MR) is 79.0 cm³/mol. The van der Waals surface area contributed by atoms with Crippen molar-refractivity contribution < 1.29 is 4.79 Å². The summed E-state index contributed by atoms with van der Waals surface area (Å²) in [6.45, 7) is 6.15. The number of carbonyl (C=O) groups is 1. The van der Waals surface area contributed by atoms with E-state index in [1.165, 1.54) is 0 Å². The molecule has 2 amide bonds. The molecule has 0 heterocycles. The average molecular weight is 263 g/mol. The number of hydrogen-bond donors (Lipinski definition) is 3. The standard InChI is InChI=1S/C14H22N4O/c1-4-7-11-9-6-8-10(3)12(11)18(5-2,13(15)16)14(17)19/h6,8-9H,4-5,7H2,1-3H3,(H4-,15,16,17,19)/p+1. The van der Waals surface area contributed by atoms with E-state index in [1.807, 2.05) is 32.0 Å². The minimum absolute atomic E-state index is 0.235. The average Bonchev–Trinajstić information content (AvgIpc) is 2.33. The lowest BCUT2D eigenvalue weighted by Crippen LogP contribution is -2.64. The summed E-state index contributed by atoms with van der Waals surface area (Å²) in [7, 11) is 0. The van der Waals surface area contributed by atoms with Gasteiger partial charge in [0.15, 0.2) is 5.69 Å². The number of para-hydroxylation sites is 1. The van der Waals surface area contributed by atoms with Crippen LogP contribution in [0, 0.1) is 12.3 Å². The highest BCUT2D eigenvalue weighted by atomic mass is 16.2. The summed E-state index contributed by atoms with van der Waals surface area (Å²) in [4.78, 5) is 12.0. The van der Waals surface area contributed by atoms with Gasteiger partial charge in [-0.15, -0.1) is 4.48 Å². The first-order valence-electron chi connectivity index (χ1n) is 6.53. The maximum Gasteiger partial charge on any atom is 0.426 e. The summed E-state index contributed by atoms with van der Waals surface area (Å²) in [5.41, 5.74) is 14.0. The first-order valence-corrected chi connectivity index (χ1v) is 6.53. The second-order valence-electron chi connectivity index (χ2n) is 4.68. The second kappa shape index (κ2) is 5.84. The Morgan fingerprint density at radius 1 is 1.32 bits per heavy atom. The maximum atomic E-state index is 12.0. The molecule has 19 heavy (non-hydrogen) atoms. The topological polar surface area (TPSA) is 93.0 Å². The van der Waals surface area contributed by atoms with Crippen LogP contribution in [-0.4, -0.2) is 18.5 Å². The van der Waals surface area contributed by atoms with E-state index in [9.17, 15) is 4.79 Å². The van der Waals surface area contributed by atoms with Crippen LogP contribution in [0.3, 0.4) is 0 Å². The Balaban J connectivity index is 3.63. The normalized spacial score (nSPS) is 13.8. The van der Waals surface area contributed by atoms with Crippen LogP contribution in [0.25, 0.3) is 0 Å². The largest absolute Gasteiger partial charge is 0.426 e. The smallest absolute Gasteiger partial charge is 0.337 e. The number of aryl methyl sites for hydroxylation is 2. The summed E-state index contributed by atoms with van der Waals surface area (Å²) in [6, 6.07) is 5.24. The van der Waals surface area contributed by atoms with Crippen molar-refractivity contribution in [3.05, 3.63) is 29.3 Å². The SMILES string of the molecule is CCCc1cccc(C)c1[N+](CC)(C(=N)N)C(N)=O. The summed E-state index contributed by atoms with van der Waals surface area (Å²) in [5.74, 6) is -0.235. The number of carbonyl (C=O) groups excluding carboxylic acids is 1. The zero-order chi connectivity index (χ0) is 14.6. The van der Waals surface area contributed by atoms with Crippen molar-refractivity contribution in [1.82, 2.24) is 4.48 Å². The van der Waals surface area contributed by atoms with Crippen LogP contribution < -0.4 is 16.0 Å². The first kappa shape index (κ1) is 15.2. The number of nitrogens with one attached hydrogen (secondary N) is 1. The summed E-state index contributed by atoms with van der Waals surface area (Å²) < 4.78 is -0.401. The maximum absolute atomic E-state index is 12.0. The van der Waals surface area contributed by atoms with Crippen LogP contribution in [-0.2, 0) is 6.42 Å². The minimum Gasteiger partial charge on any atom is -0.337 e. The Morgan fingerprint density at radius 2 is 1.95 bits per heavy atom. The van der Waals surface area contributed by atoms with Crippen molar-refractivity contribution in [3.8, 4) is 0 Å². The molecule has 1 aromatic rings. The van der Waals surface area contributed by atoms with Crippen molar-refractivity contribution in [2.24, 2.45) is 11.5 Å². The fourth-order valence-corrected chi connectivity index (χ4v) is 2.57. The zero-order valence-electron chi connectivity index (χ0n) is 11.9. The Bertz CT molecular complexity index is 482. The third-order valence-corrected chi connectivity index (χ3v) is 3.48. The lowest BCUT2D eigenvalue weighted by Gasteiger charge is -2.32. The number of benzene rings is 1. The molecule has 0 saturated carbocycles. The van der Waals surface area contributed by atoms with Crippen LogP contribution in [0.1, 0.15) is 31.4 Å². The van der Waals surface area contributed by atoms with Crippen molar-refractivity contribution in [2.45, 2.75) is 33.6 Å². The van der Waals surface area contributed by atoms with E-state index in [4.69, 9.17) is 16.9 Å². The Kier molecular flexibility index (Phi) is 4.67. The highest BCUT2D eigenvalue weighted by Crippen LogP contribution is 2.32. The number of quaternary nitrogens is 1. The fourth-order valence-electron chi connectivity index (χ4n) is 2.57. The molecule has 1 rings (SSSR count). The molecule has 5 N–H and O–H groups in total. The van der Waals surface area contributed by atoms with Gasteiger partial charge in [0.25, 0.3) is 0 Å². The van der Waals surface area contributed by atoms with Gasteiger partial charge in [-0.3, -0.25) is 0 Å². The number of nitrogens with zero attached hydrogens (tertiary/aromatic N) is 1. The minimum atomic E-state index is -0.610. The summed E-state index contributed by atoms with van der Waals surface area (Å²) in [6.07, 6.45) is 1.79. The van der Waals surface area contributed by atoms with E-state index in [-0.39, 0.29) is 5.96 Å². The summed E-state index contributed by atoms with van der Waals surface area (Å²) >= 11 is 0. The third kappa shape index (κ3) is 2.46. The molecular weight excluding hydrogens is 240 g/mol. The van der Waals surface area contributed by atoms with Gasteiger partial charge in [-0.2, -0.15) is 0 Å². The van der Waals surface area contributed by atoms with Gasteiger partial charge in [-0.1, -0.05) is 31.5 Å². The van der Waals surface area contributed by atoms with Crippen molar-refractivity contribution >= 4 is 17.7 Å². The number of guanidine groups is 1. The quantitative estimate of drug-likeness (QED) is 0.441. The van der Waals surface area contributed by atoms with Crippen LogP contribution in [0.5, 0.6) is 0 Å². The molecular formula is C14H23N4O+.